The third kappa shape index (κ3) is 0.987. The molecule has 0 radical (unpaired) electrons. The highest BCUT2D eigenvalue weighted by molar-refractivity contribution is 8.04. The Hall–Kier alpha value is -0.430. The lowest BCUT2D eigenvalue weighted by Gasteiger charge is -1.95. The van der Waals surface area contributed by atoms with Gasteiger partial charge < -0.3 is 0 Å². The van der Waals surface area contributed by atoms with Gasteiger partial charge in [-0.05, 0) is 43.6 Å². The molecule has 58 valence electrons. The average molecular weight is 164 g/mol. The summed E-state index contributed by atoms with van der Waals surface area (Å²) in [6, 6.07) is 0. The van der Waals surface area contributed by atoms with Crippen molar-refractivity contribution >= 4 is 11.8 Å². The summed E-state index contributed by atoms with van der Waals surface area (Å²) in [5.41, 5.74) is 4.39. The van der Waals surface area contributed by atoms with Crippen LogP contribution >= 0.6 is 11.8 Å². The number of thioether (sulfide) groups is 1. The van der Waals surface area contributed by atoms with Crippen LogP contribution in [-0.4, -0.2) is 5.25 Å². The highest BCUT2D eigenvalue weighted by atomic mass is 32.2. The molecule has 1 unspecified atom stereocenters. The van der Waals surface area contributed by atoms with Gasteiger partial charge in [0.05, 0.1) is 0 Å². The van der Waals surface area contributed by atoms with Crippen LogP contribution in [0, 0.1) is 0 Å². The predicted octanol–water partition coefficient (Wildman–Crippen LogP) is 3.28. The van der Waals surface area contributed by atoms with Crippen LogP contribution in [0.5, 0.6) is 0 Å². The van der Waals surface area contributed by atoms with E-state index in [-0.39, 0.29) is 0 Å². The Balaban J connectivity index is 2.45. The largest absolute Gasteiger partial charge is 0.118 e. The molecule has 0 spiro atoms. The molecule has 0 amide bonds. The number of hydrogen-bond donors (Lipinski definition) is 0. The molecule has 0 saturated heterocycles. The van der Waals surface area contributed by atoms with Crippen molar-refractivity contribution in [2.24, 2.45) is 0 Å². The fourth-order valence-electron chi connectivity index (χ4n) is 1.55. The summed E-state index contributed by atoms with van der Waals surface area (Å²) >= 11 is 1.97. The molecule has 0 saturated carbocycles. The number of allylic oxidation sites excluding steroid dienone is 4. The molecular weight excluding hydrogens is 152 g/mol. The highest BCUT2D eigenvalue weighted by Crippen LogP contribution is 2.45. The Labute approximate surface area is 72.1 Å². The quantitative estimate of drug-likeness (QED) is 0.529. The van der Waals surface area contributed by atoms with Crippen molar-refractivity contribution in [3.63, 3.8) is 0 Å². The lowest BCUT2D eigenvalue weighted by atomic mass is 10.1. The molecule has 0 aromatic heterocycles. The Bertz CT molecular complexity index is 292. The molecule has 0 aromatic carbocycles. The molecule has 2 rings (SSSR count). The van der Waals surface area contributed by atoms with Crippen LogP contribution in [0.4, 0.5) is 0 Å². The van der Waals surface area contributed by atoms with Crippen LogP contribution in [0.3, 0.4) is 0 Å². The van der Waals surface area contributed by atoms with Crippen LogP contribution in [0.15, 0.2) is 33.8 Å². The molecule has 1 aliphatic carbocycles. The molecule has 0 nitrogen and oxygen atoms in total. The van der Waals surface area contributed by atoms with Gasteiger partial charge in [0.25, 0.3) is 0 Å². The minimum atomic E-state index is 0.680. The molecule has 0 bridgehead atoms. The van der Waals surface area contributed by atoms with E-state index < -0.39 is 0 Å². The fraction of sp³-hybridized carbons (Fsp3) is 0.400. The van der Waals surface area contributed by atoms with Crippen molar-refractivity contribution in [2.45, 2.75) is 26.0 Å². The Morgan fingerprint density at radius 2 is 2.09 bits per heavy atom. The number of rotatable bonds is 0. The first-order chi connectivity index (χ1) is 5.18. The first kappa shape index (κ1) is 7.23. The van der Waals surface area contributed by atoms with E-state index in [4.69, 9.17) is 0 Å². The molecule has 1 heteroatoms. The van der Waals surface area contributed by atoms with Gasteiger partial charge in [-0.15, -0.1) is 11.8 Å². The van der Waals surface area contributed by atoms with E-state index in [9.17, 15) is 0 Å². The number of fused-ring (bicyclic) bond motifs is 1. The normalized spacial score (nSPS) is 28.8. The van der Waals surface area contributed by atoms with Crippen molar-refractivity contribution < 1.29 is 0 Å². The Morgan fingerprint density at radius 3 is 2.73 bits per heavy atom. The summed E-state index contributed by atoms with van der Waals surface area (Å²) in [7, 11) is 0. The van der Waals surface area contributed by atoms with E-state index in [0.717, 1.165) is 0 Å². The smallest absolute Gasteiger partial charge is 0.0255 e. The fourth-order valence-corrected chi connectivity index (χ4v) is 2.75. The minimum Gasteiger partial charge on any atom is -0.118 e. The van der Waals surface area contributed by atoms with Crippen molar-refractivity contribution in [3.8, 4) is 0 Å². The van der Waals surface area contributed by atoms with Gasteiger partial charge in [0.15, 0.2) is 0 Å². The molecular formula is C10H12S. The molecule has 0 fully saturated rings. The third-order valence-electron chi connectivity index (χ3n) is 2.32. The maximum atomic E-state index is 2.36. The maximum absolute atomic E-state index is 2.36. The monoisotopic (exact) mass is 164 g/mol. The van der Waals surface area contributed by atoms with Crippen LogP contribution in [0.2, 0.25) is 0 Å². The van der Waals surface area contributed by atoms with Crippen LogP contribution in [0.1, 0.15) is 20.8 Å². The zero-order chi connectivity index (χ0) is 8.01. The Kier molecular flexibility index (Phi) is 1.50. The van der Waals surface area contributed by atoms with Crippen LogP contribution in [-0.2, 0) is 0 Å². The molecule has 11 heavy (non-hydrogen) atoms. The second-order valence-corrected chi connectivity index (χ2v) is 4.64. The molecule has 2 aliphatic rings. The summed E-state index contributed by atoms with van der Waals surface area (Å²) in [6.07, 6.45) is 4.66. The van der Waals surface area contributed by atoms with E-state index in [0.29, 0.717) is 5.25 Å². The Morgan fingerprint density at radius 1 is 1.36 bits per heavy atom. The summed E-state index contributed by atoms with van der Waals surface area (Å²) in [4.78, 5) is 1.48. The van der Waals surface area contributed by atoms with Crippen molar-refractivity contribution in [1.82, 2.24) is 0 Å². The number of hydrogen-bond acceptors (Lipinski definition) is 1. The van der Waals surface area contributed by atoms with Gasteiger partial charge in [-0.3, -0.25) is 0 Å². The van der Waals surface area contributed by atoms with Crippen molar-refractivity contribution in [1.29, 1.82) is 0 Å². The highest BCUT2D eigenvalue weighted by Gasteiger charge is 2.23. The first-order valence-electron chi connectivity index (χ1n) is 3.97. The maximum Gasteiger partial charge on any atom is 0.0255 e. The van der Waals surface area contributed by atoms with Crippen LogP contribution < -0.4 is 0 Å². The van der Waals surface area contributed by atoms with Gasteiger partial charge in [-0.1, -0.05) is 6.08 Å². The zero-order valence-corrected chi connectivity index (χ0v) is 7.96. The second kappa shape index (κ2) is 2.28. The van der Waals surface area contributed by atoms with Gasteiger partial charge in [-0.2, -0.15) is 0 Å². The molecule has 0 N–H and O–H groups in total. The predicted molar refractivity (Wildman–Crippen MR) is 51.6 cm³/mol. The van der Waals surface area contributed by atoms with E-state index in [1.54, 1.807) is 0 Å². The molecule has 1 aliphatic heterocycles. The topological polar surface area (TPSA) is 0 Å². The van der Waals surface area contributed by atoms with Crippen molar-refractivity contribution in [2.75, 3.05) is 0 Å². The average Bonchev–Trinajstić information content (AvgIpc) is 2.37. The summed E-state index contributed by atoms with van der Waals surface area (Å²) in [5.74, 6) is 0. The van der Waals surface area contributed by atoms with Gasteiger partial charge in [-0.25, -0.2) is 0 Å². The molecule has 1 atom stereocenters. The van der Waals surface area contributed by atoms with E-state index >= 15 is 0 Å². The van der Waals surface area contributed by atoms with E-state index in [1.807, 2.05) is 11.8 Å². The standard InChI is InChI=1S/C10H12S/c1-6-4-10-9(8(6)3)5-7(2)11-10/h4-5,7H,1-3H3. The summed E-state index contributed by atoms with van der Waals surface area (Å²) in [6.45, 7) is 6.65. The lowest BCUT2D eigenvalue weighted by molar-refractivity contribution is 1.24. The third-order valence-corrected chi connectivity index (χ3v) is 3.42. The van der Waals surface area contributed by atoms with E-state index in [2.05, 4.69) is 32.9 Å². The van der Waals surface area contributed by atoms with E-state index in [1.165, 1.54) is 21.6 Å². The van der Waals surface area contributed by atoms with Crippen LogP contribution in [0.25, 0.3) is 0 Å². The molecule has 0 aromatic rings. The first-order valence-corrected chi connectivity index (χ1v) is 4.85. The van der Waals surface area contributed by atoms with Crippen molar-refractivity contribution in [3.05, 3.63) is 33.8 Å². The minimum absolute atomic E-state index is 0.680. The lowest BCUT2D eigenvalue weighted by Crippen LogP contribution is -1.82. The van der Waals surface area contributed by atoms with Gasteiger partial charge in [0.1, 0.15) is 0 Å². The molecule has 1 heterocycles. The van der Waals surface area contributed by atoms with Gasteiger partial charge in [0, 0.05) is 10.2 Å². The SMILES string of the molecule is CC1=C(C)C2=CC(C)SC2=C1. The summed E-state index contributed by atoms with van der Waals surface area (Å²) < 4.78 is 0. The second-order valence-electron chi connectivity index (χ2n) is 3.22. The van der Waals surface area contributed by atoms with Gasteiger partial charge in [0.2, 0.25) is 0 Å². The zero-order valence-electron chi connectivity index (χ0n) is 7.14. The van der Waals surface area contributed by atoms with Gasteiger partial charge >= 0.3 is 0 Å². The summed E-state index contributed by atoms with van der Waals surface area (Å²) in [5, 5.41) is 0.680.